The molecule has 4 atom stereocenters. The van der Waals surface area contributed by atoms with Gasteiger partial charge in [0.15, 0.2) is 0 Å². The lowest BCUT2D eigenvalue weighted by molar-refractivity contribution is -0.138. The smallest absolute Gasteiger partial charge is 0.362 e. The van der Waals surface area contributed by atoms with Crippen molar-refractivity contribution in [3.8, 4) is 0 Å². The number of aryl methyl sites for hydroxylation is 2. The Morgan fingerprint density at radius 3 is 2.58 bits per heavy atom. The first-order valence-corrected chi connectivity index (χ1v) is 13.3. The molecule has 1 saturated heterocycles. The topological polar surface area (TPSA) is 58.9 Å². The van der Waals surface area contributed by atoms with Crippen LogP contribution in [-0.2, 0) is 12.7 Å². The highest BCUT2D eigenvalue weighted by molar-refractivity contribution is 7.10. The standard InChI is InChI=1S/C25H28F4N6S/c1-14-9-22(36-33-14)34-12-15-4-5-16(13-34)20(15)11-30-24-31-23-18(3-2-8-35(23)32-24)19-10-17(26)6-7-21(19)25(27,28)29/h6-7,9-10,15-16,18,20H,2-5,8,11-13H2,1H3,(H,30,32)/t15-,16+,18?,20?. The number of piperidine rings is 1. The van der Waals surface area contributed by atoms with Crippen LogP contribution in [0.25, 0.3) is 0 Å². The zero-order valence-electron chi connectivity index (χ0n) is 19.9. The molecule has 0 amide bonds. The van der Waals surface area contributed by atoms with E-state index in [9.17, 15) is 17.6 Å². The van der Waals surface area contributed by atoms with Crippen molar-refractivity contribution in [1.82, 2.24) is 19.1 Å². The molecule has 6 nitrogen and oxygen atoms in total. The molecule has 1 N–H and O–H groups in total. The predicted molar refractivity (Wildman–Crippen MR) is 130 cm³/mol. The molecule has 4 heterocycles. The molecular weight excluding hydrogens is 492 g/mol. The quantitative estimate of drug-likeness (QED) is 0.438. The van der Waals surface area contributed by atoms with Gasteiger partial charge in [-0.2, -0.15) is 22.5 Å². The summed E-state index contributed by atoms with van der Waals surface area (Å²) < 4.78 is 61.1. The summed E-state index contributed by atoms with van der Waals surface area (Å²) in [5.41, 5.74) is 0.185. The molecule has 192 valence electrons. The van der Waals surface area contributed by atoms with Crippen molar-refractivity contribution in [2.45, 2.75) is 51.2 Å². The number of hydrogen-bond donors (Lipinski definition) is 1. The first kappa shape index (κ1) is 23.7. The van der Waals surface area contributed by atoms with Crippen LogP contribution in [-0.4, -0.2) is 38.8 Å². The summed E-state index contributed by atoms with van der Waals surface area (Å²) in [6.45, 7) is 5.38. The van der Waals surface area contributed by atoms with Gasteiger partial charge in [0.2, 0.25) is 5.95 Å². The van der Waals surface area contributed by atoms with Gasteiger partial charge in [0.05, 0.1) is 11.3 Å². The average Bonchev–Trinajstić information content (AvgIpc) is 3.51. The fourth-order valence-electron chi connectivity index (χ4n) is 6.36. The van der Waals surface area contributed by atoms with Gasteiger partial charge in [-0.1, -0.05) is 0 Å². The van der Waals surface area contributed by atoms with E-state index in [1.165, 1.54) is 17.8 Å². The third kappa shape index (κ3) is 4.35. The maximum atomic E-state index is 14.0. The average molecular weight is 521 g/mol. The highest BCUT2D eigenvalue weighted by Gasteiger charge is 2.42. The second kappa shape index (κ2) is 9.00. The zero-order chi connectivity index (χ0) is 25.0. The van der Waals surface area contributed by atoms with Gasteiger partial charge in [-0.3, -0.25) is 0 Å². The summed E-state index contributed by atoms with van der Waals surface area (Å²) in [6.07, 6.45) is -1.03. The van der Waals surface area contributed by atoms with E-state index in [1.807, 2.05) is 6.92 Å². The van der Waals surface area contributed by atoms with Gasteiger partial charge in [-0.25, -0.2) is 9.07 Å². The summed E-state index contributed by atoms with van der Waals surface area (Å²) in [4.78, 5) is 7.07. The van der Waals surface area contributed by atoms with E-state index >= 15 is 0 Å². The monoisotopic (exact) mass is 520 g/mol. The number of aromatic nitrogens is 4. The Morgan fingerprint density at radius 1 is 1.11 bits per heavy atom. The van der Waals surface area contributed by atoms with Crippen LogP contribution >= 0.6 is 11.5 Å². The van der Waals surface area contributed by atoms with Gasteiger partial charge in [0, 0.05) is 32.1 Å². The van der Waals surface area contributed by atoms with Gasteiger partial charge in [0.25, 0.3) is 0 Å². The Hall–Kier alpha value is -2.69. The largest absolute Gasteiger partial charge is 0.416 e. The molecule has 3 aliphatic rings. The maximum absolute atomic E-state index is 14.0. The Kier molecular flexibility index (Phi) is 5.93. The number of halogens is 4. The summed E-state index contributed by atoms with van der Waals surface area (Å²) in [5.74, 6) is 1.25. The second-order valence-electron chi connectivity index (χ2n) is 10.3. The van der Waals surface area contributed by atoms with Crippen molar-refractivity contribution < 1.29 is 17.6 Å². The minimum atomic E-state index is -4.56. The van der Waals surface area contributed by atoms with Crippen LogP contribution in [0.5, 0.6) is 0 Å². The highest BCUT2D eigenvalue weighted by Crippen LogP contribution is 2.44. The number of fused-ring (bicyclic) bond motifs is 3. The van der Waals surface area contributed by atoms with Crippen LogP contribution in [0.15, 0.2) is 24.3 Å². The van der Waals surface area contributed by atoms with E-state index in [0.29, 0.717) is 48.9 Å². The van der Waals surface area contributed by atoms with Gasteiger partial charge >= 0.3 is 6.18 Å². The maximum Gasteiger partial charge on any atom is 0.416 e. The first-order chi connectivity index (χ1) is 17.3. The normalized spacial score (nSPS) is 25.8. The van der Waals surface area contributed by atoms with E-state index in [2.05, 4.69) is 30.7 Å². The molecular formula is C25H28F4N6S. The Labute approximate surface area is 210 Å². The minimum Gasteiger partial charge on any atom is -0.362 e. The van der Waals surface area contributed by atoms with Crippen LogP contribution in [0.2, 0.25) is 0 Å². The molecule has 2 aromatic heterocycles. The van der Waals surface area contributed by atoms with Crippen molar-refractivity contribution >= 4 is 22.5 Å². The summed E-state index contributed by atoms with van der Waals surface area (Å²) >= 11 is 1.56. The van der Waals surface area contributed by atoms with Crippen molar-refractivity contribution in [1.29, 1.82) is 0 Å². The number of anilines is 2. The molecule has 2 unspecified atom stereocenters. The summed E-state index contributed by atoms with van der Waals surface area (Å²) in [6, 6.07) is 4.85. The summed E-state index contributed by atoms with van der Waals surface area (Å²) in [7, 11) is 0. The van der Waals surface area contributed by atoms with E-state index in [0.717, 1.165) is 43.5 Å². The molecule has 1 aromatic carbocycles. The molecule has 1 aliphatic carbocycles. The third-order valence-corrected chi connectivity index (χ3v) is 8.96. The molecule has 1 saturated carbocycles. The number of alkyl halides is 3. The van der Waals surface area contributed by atoms with E-state index < -0.39 is 23.5 Å². The van der Waals surface area contributed by atoms with Crippen molar-refractivity contribution in [2.75, 3.05) is 29.9 Å². The van der Waals surface area contributed by atoms with Crippen molar-refractivity contribution in [3.63, 3.8) is 0 Å². The molecule has 6 rings (SSSR count). The number of benzene rings is 1. The number of nitrogens with one attached hydrogen (secondary N) is 1. The van der Waals surface area contributed by atoms with Crippen LogP contribution in [0.1, 0.15) is 54.2 Å². The van der Waals surface area contributed by atoms with Crippen LogP contribution in [0, 0.1) is 30.5 Å². The molecule has 11 heteroatoms. The molecule has 36 heavy (non-hydrogen) atoms. The van der Waals surface area contributed by atoms with Crippen molar-refractivity contribution in [3.05, 3.63) is 52.7 Å². The molecule has 2 aliphatic heterocycles. The van der Waals surface area contributed by atoms with Gasteiger partial charge in [-0.05, 0) is 91.7 Å². The Morgan fingerprint density at radius 2 is 1.89 bits per heavy atom. The number of rotatable bonds is 5. The summed E-state index contributed by atoms with van der Waals surface area (Å²) in [5, 5.41) is 9.19. The number of hydrogen-bond acceptors (Lipinski definition) is 6. The fourth-order valence-corrected chi connectivity index (χ4v) is 7.14. The third-order valence-electron chi connectivity index (χ3n) is 8.02. The molecule has 0 spiro atoms. The van der Waals surface area contributed by atoms with E-state index in [1.54, 1.807) is 16.2 Å². The van der Waals surface area contributed by atoms with Gasteiger partial charge < -0.3 is 10.2 Å². The van der Waals surface area contributed by atoms with E-state index in [-0.39, 0.29) is 5.56 Å². The fraction of sp³-hybridized carbons (Fsp3) is 0.560. The van der Waals surface area contributed by atoms with Crippen LogP contribution < -0.4 is 10.2 Å². The van der Waals surface area contributed by atoms with Gasteiger partial charge in [-0.15, -0.1) is 5.10 Å². The predicted octanol–water partition coefficient (Wildman–Crippen LogP) is 5.70. The Bertz CT molecular complexity index is 1240. The minimum absolute atomic E-state index is 0.0638. The lowest BCUT2D eigenvalue weighted by Crippen LogP contribution is -2.44. The number of nitrogens with zero attached hydrogens (tertiary/aromatic N) is 5. The SMILES string of the molecule is Cc1cc(N2C[C@H]3CC[C@@H](C2)C3CNc2nc3n(n2)CCCC3c2cc(F)ccc2C(F)(F)F)sn1. The Balaban J connectivity index is 1.18. The van der Waals surface area contributed by atoms with E-state index in [4.69, 9.17) is 0 Å². The van der Waals surface area contributed by atoms with Crippen LogP contribution in [0.4, 0.5) is 28.5 Å². The van der Waals surface area contributed by atoms with Crippen LogP contribution in [0.3, 0.4) is 0 Å². The lowest BCUT2D eigenvalue weighted by Gasteiger charge is -2.38. The lowest BCUT2D eigenvalue weighted by atomic mass is 9.85. The van der Waals surface area contributed by atoms with Crippen molar-refractivity contribution in [2.24, 2.45) is 17.8 Å². The second-order valence-corrected chi connectivity index (χ2v) is 11.1. The molecule has 3 aromatic rings. The first-order valence-electron chi connectivity index (χ1n) is 12.5. The highest BCUT2D eigenvalue weighted by atomic mass is 32.1. The molecule has 2 fully saturated rings. The van der Waals surface area contributed by atoms with Gasteiger partial charge in [0.1, 0.15) is 16.6 Å². The molecule has 2 bridgehead atoms. The zero-order valence-corrected chi connectivity index (χ0v) is 20.7. The molecule has 0 radical (unpaired) electrons.